The number of fused-ring (bicyclic) bond motifs is 1. The van der Waals surface area contributed by atoms with Crippen molar-refractivity contribution < 1.29 is 4.79 Å². The van der Waals surface area contributed by atoms with Gasteiger partial charge in [0.15, 0.2) is 0 Å². The Kier molecular flexibility index (Phi) is 2.77. The molecule has 0 fully saturated rings. The average Bonchev–Trinajstić information content (AvgIpc) is 2.12. The number of hydrogen-bond donors (Lipinski definition) is 0. The lowest BCUT2D eigenvalue weighted by atomic mass is 10.0. The standard InChI is InChI=1S/C9H7I2NO/c10-7-1-2-8-6(5-7)3-4-12(11)9(8)13/h1-2,5H,3-4H2. The highest BCUT2D eigenvalue weighted by Gasteiger charge is 2.22. The van der Waals surface area contributed by atoms with E-state index in [-0.39, 0.29) is 5.91 Å². The molecule has 4 heteroatoms. The highest BCUT2D eigenvalue weighted by atomic mass is 127. The first-order valence-corrected chi connectivity index (χ1v) is 5.99. The molecule has 0 bridgehead atoms. The number of rotatable bonds is 0. The van der Waals surface area contributed by atoms with Crippen LogP contribution in [-0.4, -0.2) is 15.6 Å². The van der Waals surface area contributed by atoms with Crippen LogP contribution in [0.5, 0.6) is 0 Å². The average molecular weight is 399 g/mol. The zero-order valence-electron chi connectivity index (χ0n) is 6.76. The molecule has 13 heavy (non-hydrogen) atoms. The summed E-state index contributed by atoms with van der Waals surface area (Å²) in [7, 11) is 0. The Hall–Kier alpha value is 0.150. The first-order chi connectivity index (χ1) is 6.18. The van der Waals surface area contributed by atoms with E-state index < -0.39 is 0 Å². The van der Waals surface area contributed by atoms with Crippen molar-refractivity contribution in [3.05, 3.63) is 32.9 Å². The Morgan fingerprint density at radius 2 is 2.15 bits per heavy atom. The minimum absolute atomic E-state index is 0.137. The smallest absolute Gasteiger partial charge is 0.262 e. The molecule has 0 unspecified atom stereocenters. The molecule has 68 valence electrons. The summed E-state index contributed by atoms with van der Waals surface area (Å²) in [5.41, 5.74) is 2.05. The molecule has 0 atom stereocenters. The molecule has 0 aliphatic carbocycles. The van der Waals surface area contributed by atoms with E-state index in [1.165, 1.54) is 9.13 Å². The number of benzene rings is 1. The molecule has 0 saturated carbocycles. The summed E-state index contributed by atoms with van der Waals surface area (Å²) in [6.45, 7) is 0.826. The van der Waals surface area contributed by atoms with Gasteiger partial charge in [0.1, 0.15) is 0 Å². The van der Waals surface area contributed by atoms with E-state index in [4.69, 9.17) is 0 Å². The van der Waals surface area contributed by atoms with Crippen LogP contribution in [0.2, 0.25) is 0 Å². The summed E-state index contributed by atoms with van der Waals surface area (Å²) in [6.07, 6.45) is 0.973. The molecule has 2 nitrogen and oxygen atoms in total. The Morgan fingerprint density at radius 3 is 2.92 bits per heavy atom. The first kappa shape index (κ1) is 9.70. The zero-order valence-corrected chi connectivity index (χ0v) is 11.1. The van der Waals surface area contributed by atoms with Crippen molar-refractivity contribution in [2.45, 2.75) is 6.42 Å². The minimum atomic E-state index is 0.137. The van der Waals surface area contributed by atoms with Crippen molar-refractivity contribution in [3.8, 4) is 0 Å². The molecule has 1 aliphatic heterocycles. The lowest BCUT2D eigenvalue weighted by Crippen LogP contribution is -2.29. The number of hydrogen-bond acceptors (Lipinski definition) is 1. The normalized spacial score (nSPS) is 15.8. The van der Waals surface area contributed by atoms with Gasteiger partial charge in [-0.15, -0.1) is 0 Å². The van der Waals surface area contributed by atoms with E-state index in [1.807, 2.05) is 12.1 Å². The van der Waals surface area contributed by atoms with Crippen LogP contribution in [0.4, 0.5) is 0 Å². The van der Waals surface area contributed by atoms with E-state index in [1.54, 1.807) is 3.11 Å². The second-order valence-electron chi connectivity index (χ2n) is 2.94. The molecule has 1 aromatic rings. The fraction of sp³-hybridized carbons (Fsp3) is 0.222. The highest BCUT2D eigenvalue weighted by Crippen LogP contribution is 2.22. The molecule has 1 aliphatic rings. The summed E-state index contributed by atoms with van der Waals surface area (Å²) < 4.78 is 2.94. The van der Waals surface area contributed by atoms with Crippen molar-refractivity contribution in [2.75, 3.05) is 6.54 Å². The van der Waals surface area contributed by atoms with Gasteiger partial charge in [-0.1, -0.05) is 0 Å². The topological polar surface area (TPSA) is 20.3 Å². The monoisotopic (exact) mass is 399 g/mol. The summed E-state index contributed by atoms with van der Waals surface area (Å²) >= 11 is 4.34. The molecule has 0 aromatic heterocycles. The highest BCUT2D eigenvalue weighted by molar-refractivity contribution is 14.1. The Labute approximate surface area is 104 Å². The first-order valence-electron chi connectivity index (χ1n) is 3.94. The minimum Gasteiger partial charge on any atom is -0.281 e. The molecule has 1 heterocycles. The number of amides is 1. The van der Waals surface area contributed by atoms with Crippen LogP contribution >= 0.6 is 45.5 Å². The number of carbonyl (C=O) groups excluding carboxylic acids is 1. The van der Waals surface area contributed by atoms with Gasteiger partial charge in [-0.3, -0.25) is 7.91 Å². The van der Waals surface area contributed by atoms with Crippen LogP contribution in [0.3, 0.4) is 0 Å². The molecule has 0 N–H and O–H groups in total. The third-order valence-corrected chi connectivity index (χ3v) is 3.69. The Morgan fingerprint density at radius 1 is 1.38 bits per heavy atom. The van der Waals surface area contributed by atoms with Crippen LogP contribution in [0.1, 0.15) is 15.9 Å². The molecule has 0 spiro atoms. The molecule has 0 radical (unpaired) electrons. The molecule has 1 amide bonds. The lowest BCUT2D eigenvalue weighted by molar-refractivity contribution is 0.0878. The molecular formula is C9H7I2NO. The maximum absolute atomic E-state index is 11.6. The van der Waals surface area contributed by atoms with E-state index in [2.05, 4.69) is 51.5 Å². The van der Waals surface area contributed by atoms with Crippen LogP contribution in [-0.2, 0) is 6.42 Å². The Bertz CT molecular complexity index is 365. The van der Waals surface area contributed by atoms with E-state index >= 15 is 0 Å². The fourth-order valence-electron chi connectivity index (χ4n) is 1.43. The van der Waals surface area contributed by atoms with Gasteiger partial charge in [0.2, 0.25) is 0 Å². The second-order valence-corrected chi connectivity index (χ2v) is 5.35. The van der Waals surface area contributed by atoms with Crippen molar-refractivity contribution >= 4 is 51.4 Å². The van der Waals surface area contributed by atoms with Gasteiger partial charge in [0.25, 0.3) is 5.91 Å². The third kappa shape index (κ3) is 1.83. The van der Waals surface area contributed by atoms with E-state index in [9.17, 15) is 4.79 Å². The summed E-state index contributed by atoms with van der Waals surface area (Å²) in [5.74, 6) is 0.137. The quantitative estimate of drug-likeness (QED) is 0.486. The number of halogens is 2. The van der Waals surface area contributed by atoms with Gasteiger partial charge in [-0.05, 0) is 52.8 Å². The molecular weight excluding hydrogens is 392 g/mol. The van der Waals surface area contributed by atoms with Crippen molar-refractivity contribution in [2.24, 2.45) is 0 Å². The van der Waals surface area contributed by atoms with Crippen molar-refractivity contribution in [1.82, 2.24) is 3.11 Å². The van der Waals surface area contributed by atoms with Crippen LogP contribution in [0, 0.1) is 3.57 Å². The van der Waals surface area contributed by atoms with Gasteiger partial charge in [0, 0.05) is 15.7 Å². The summed E-state index contributed by atoms with van der Waals surface area (Å²) in [5, 5.41) is 0. The maximum atomic E-state index is 11.6. The molecule has 1 aromatic carbocycles. The van der Waals surface area contributed by atoms with Gasteiger partial charge in [0.05, 0.1) is 22.9 Å². The second kappa shape index (κ2) is 3.72. The van der Waals surface area contributed by atoms with E-state index in [0.717, 1.165) is 18.5 Å². The molecule has 0 saturated heterocycles. The van der Waals surface area contributed by atoms with Gasteiger partial charge in [-0.2, -0.15) is 0 Å². The van der Waals surface area contributed by atoms with Crippen LogP contribution < -0.4 is 0 Å². The third-order valence-electron chi connectivity index (χ3n) is 2.10. The van der Waals surface area contributed by atoms with E-state index in [0.29, 0.717) is 0 Å². The SMILES string of the molecule is O=C1c2ccc(I)cc2CCN1I. The molecule has 2 rings (SSSR count). The lowest BCUT2D eigenvalue weighted by Gasteiger charge is -2.22. The number of nitrogens with zero attached hydrogens (tertiary/aromatic N) is 1. The maximum Gasteiger partial charge on any atom is 0.262 e. The summed E-state index contributed by atoms with van der Waals surface area (Å²) in [6, 6.07) is 5.99. The van der Waals surface area contributed by atoms with Crippen molar-refractivity contribution in [3.63, 3.8) is 0 Å². The van der Waals surface area contributed by atoms with Crippen LogP contribution in [0.25, 0.3) is 0 Å². The van der Waals surface area contributed by atoms with Gasteiger partial charge in [-0.25, -0.2) is 0 Å². The summed E-state index contributed by atoms with van der Waals surface area (Å²) in [4.78, 5) is 11.6. The predicted molar refractivity (Wildman–Crippen MR) is 67.9 cm³/mol. The van der Waals surface area contributed by atoms with Crippen LogP contribution in [0.15, 0.2) is 18.2 Å². The van der Waals surface area contributed by atoms with Crippen molar-refractivity contribution in [1.29, 1.82) is 0 Å². The Balaban J connectivity index is 2.50. The predicted octanol–water partition coefficient (Wildman–Crippen LogP) is 2.64. The fourth-order valence-corrected chi connectivity index (χ4v) is 2.49. The number of carbonyl (C=O) groups is 1. The van der Waals surface area contributed by atoms with Gasteiger partial charge >= 0.3 is 0 Å². The largest absolute Gasteiger partial charge is 0.281 e. The zero-order chi connectivity index (χ0) is 9.42. The van der Waals surface area contributed by atoms with Gasteiger partial charge < -0.3 is 0 Å².